The minimum absolute atomic E-state index is 0.250. The van der Waals surface area contributed by atoms with E-state index in [4.69, 9.17) is 33.1 Å². The first-order valence-electron chi connectivity index (χ1n) is 10.1. The summed E-state index contributed by atoms with van der Waals surface area (Å²) in [5, 5.41) is 8.82. The first kappa shape index (κ1) is 28.4. The van der Waals surface area contributed by atoms with Gasteiger partial charge in [-0.3, -0.25) is 0 Å². The molecule has 0 fully saturated rings. The number of benzene rings is 2. The number of unbranched alkanes of at least 4 members (excludes halogenated alkanes) is 1. The van der Waals surface area contributed by atoms with Gasteiger partial charge in [0, 0.05) is 19.7 Å². The fourth-order valence-corrected chi connectivity index (χ4v) is 3.55. The van der Waals surface area contributed by atoms with Gasteiger partial charge in [-0.15, -0.1) is 0 Å². The van der Waals surface area contributed by atoms with E-state index in [1.807, 2.05) is 18.9 Å². The van der Waals surface area contributed by atoms with Gasteiger partial charge in [0.05, 0.1) is 15.7 Å². The molecule has 0 aromatic heterocycles. The lowest BCUT2D eigenvalue weighted by Crippen LogP contribution is -2.25. The summed E-state index contributed by atoms with van der Waals surface area (Å²) < 4.78 is 0. The number of aryl methyl sites for hydroxylation is 2. The Morgan fingerprint density at radius 1 is 0.967 bits per heavy atom. The monoisotopic (exact) mass is 454 g/mol. The Kier molecular flexibility index (Phi) is 15.3. The van der Waals surface area contributed by atoms with Crippen molar-refractivity contribution in [1.82, 2.24) is 4.90 Å². The minimum atomic E-state index is 0.250. The molecule has 0 saturated carbocycles. The first-order chi connectivity index (χ1) is 14.3. The molecular weight excluding hydrogens is 419 g/mol. The Balaban J connectivity index is 0.00000154. The van der Waals surface area contributed by atoms with Crippen molar-refractivity contribution in [2.75, 3.05) is 38.7 Å². The highest BCUT2D eigenvalue weighted by molar-refractivity contribution is 6.43. The minimum Gasteiger partial charge on any atom is -0.397 e. The van der Waals surface area contributed by atoms with Crippen molar-refractivity contribution in [2.45, 2.75) is 40.2 Å². The predicted octanol–water partition coefficient (Wildman–Crippen LogP) is 5.77. The molecule has 4 nitrogen and oxygen atoms in total. The number of rotatable bonds is 8. The zero-order chi connectivity index (χ0) is 23.1. The van der Waals surface area contributed by atoms with Gasteiger partial charge in [0.1, 0.15) is 6.79 Å². The summed E-state index contributed by atoms with van der Waals surface area (Å²) in [5.41, 5.74) is 4.90. The summed E-state index contributed by atoms with van der Waals surface area (Å²) >= 11 is 12.7. The molecule has 2 rings (SSSR count). The molecule has 0 saturated heterocycles. The number of aliphatic hydroxyl groups is 1. The number of halogens is 2. The Morgan fingerprint density at radius 2 is 1.50 bits per heavy atom. The van der Waals surface area contributed by atoms with Crippen molar-refractivity contribution in [3.05, 3.63) is 63.1 Å². The van der Waals surface area contributed by atoms with Gasteiger partial charge in [-0.25, -0.2) is 0 Å². The van der Waals surface area contributed by atoms with Crippen LogP contribution in [0.1, 0.15) is 36.5 Å². The van der Waals surface area contributed by atoms with Gasteiger partial charge in [-0.1, -0.05) is 58.6 Å². The van der Waals surface area contributed by atoms with Crippen LogP contribution in [0.15, 0.2) is 36.4 Å². The molecule has 0 unspecified atom stereocenters. The van der Waals surface area contributed by atoms with E-state index in [1.54, 1.807) is 6.92 Å². The summed E-state index contributed by atoms with van der Waals surface area (Å²) in [5.74, 6) is 0. The smallest absolute Gasteiger partial charge is 0.106 e. The van der Waals surface area contributed by atoms with Crippen molar-refractivity contribution in [2.24, 2.45) is 0 Å². The summed E-state index contributed by atoms with van der Waals surface area (Å²) in [6, 6.07) is 12.6. The predicted molar refractivity (Wildman–Crippen MR) is 131 cm³/mol. The zero-order valence-electron chi connectivity index (χ0n) is 18.9. The van der Waals surface area contributed by atoms with Gasteiger partial charge in [0.2, 0.25) is 0 Å². The quantitative estimate of drug-likeness (QED) is 0.513. The molecule has 0 bridgehead atoms. The van der Waals surface area contributed by atoms with Gasteiger partial charge >= 0.3 is 0 Å². The first-order valence-corrected chi connectivity index (χ1v) is 10.8. The largest absolute Gasteiger partial charge is 0.397 e. The number of nitrogens with zero attached hydrogens (tertiary/aromatic N) is 2. The third-order valence-corrected chi connectivity index (χ3v) is 5.02. The van der Waals surface area contributed by atoms with Crippen molar-refractivity contribution in [3.8, 4) is 0 Å². The highest BCUT2D eigenvalue weighted by Gasteiger charge is 2.13. The maximum atomic E-state index is 8.00. The van der Waals surface area contributed by atoms with Crippen molar-refractivity contribution >= 4 is 35.7 Å². The van der Waals surface area contributed by atoms with Crippen LogP contribution in [0.3, 0.4) is 0 Å². The summed E-state index contributed by atoms with van der Waals surface area (Å²) in [7, 11) is 4.22. The Bertz CT molecular complexity index is 719. The third-order valence-electron chi connectivity index (χ3n) is 4.21. The van der Waals surface area contributed by atoms with Crippen LogP contribution in [0.2, 0.25) is 10.0 Å². The van der Waals surface area contributed by atoms with Crippen molar-refractivity contribution in [3.63, 3.8) is 0 Å². The van der Waals surface area contributed by atoms with E-state index in [2.05, 4.69) is 62.0 Å². The molecule has 0 heterocycles. The fraction of sp³-hybridized carbons (Fsp3) is 0.458. The molecule has 0 radical (unpaired) electrons. The lowest BCUT2D eigenvalue weighted by Gasteiger charge is -2.27. The standard InChI is InChI=1S/C21H28Cl2N2.C2H6O.CH2O/c1-16-12-17(2)14-18(13-16)15-25(11-6-5-10-24(3)4)20-9-7-8-19(22)21(20)23;1-2-3;1-2/h7-9,12-14H,5-6,10-11,15H2,1-4H3;3H,2H2,1H3;1H2. The van der Waals surface area contributed by atoms with Crippen LogP contribution in [-0.4, -0.2) is 50.6 Å². The molecule has 1 N–H and O–H groups in total. The molecular formula is C24H36Cl2N2O2. The van der Waals surface area contributed by atoms with E-state index in [1.165, 1.54) is 16.7 Å². The number of carbonyl (C=O) groups excluding carboxylic acids is 1. The summed E-state index contributed by atoms with van der Waals surface area (Å²) in [4.78, 5) is 12.6. The molecule has 0 aliphatic heterocycles. The molecule has 0 aliphatic rings. The maximum Gasteiger partial charge on any atom is 0.106 e. The van der Waals surface area contributed by atoms with E-state index in [0.717, 1.165) is 38.2 Å². The normalized spacial score (nSPS) is 10.0. The lowest BCUT2D eigenvalue weighted by molar-refractivity contribution is -0.0979. The van der Waals surface area contributed by atoms with E-state index in [0.29, 0.717) is 10.0 Å². The molecule has 0 aliphatic carbocycles. The second kappa shape index (κ2) is 16.1. The Morgan fingerprint density at radius 3 is 2.03 bits per heavy atom. The highest BCUT2D eigenvalue weighted by atomic mass is 35.5. The number of aliphatic hydroxyl groups excluding tert-OH is 1. The van der Waals surface area contributed by atoms with Crippen LogP contribution in [-0.2, 0) is 11.3 Å². The van der Waals surface area contributed by atoms with Crippen LogP contribution in [0.5, 0.6) is 0 Å². The molecule has 2 aromatic rings. The van der Waals surface area contributed by atoms with Crippen molar-refractivity contribution < 1.29 is 9.90 Å². The second-order valence-corrected chi connectivity index (χ2v) is 8.10. The Labute approximate surface area is 192 Å². The second-order valence-electron chi connectivity index (χ2n) is 7.32. The third kappa shape index (κ3) is 11.0. The maximum absolute atomic E-state index is 8.00. The number of carbonyl (C=O) groups is 1. The van der Waals surface area contributed by atoms with Crippen LogP contribution in [0.25, 0.3) is 0 Å². The van der Waals surface area contributed by atoms with Gasteiger partial charge in [0.15, 0.2) is 0 Å². The van der Waals surface area contributed by atoms with E-state index < -0.39 is 0 Å². The van der Waals surface area contributed by atoms with Gasteiger partial charge in [0.25, 0.3) is 0 Å². The van der Waals surface area contributed by atoms with Crippen LogP contribution in [0, 0.1) is 13.8 Å². The van der Waals surface area contributed by atoms with Crippen LogP contribution >= 0.6 is 23.2 Å². The van der Waals surface area contributed by atoms with Crippen LogP contribution in [0.4, 0.5) is 5.69 Å². The van der Waals surface area contributed by atoms with Gasteiger partial charge in [-0.2, -0.15) is 0 Å². The zero-order valence-corrected chi connectivity index (χ0v) is 20.4. The molecule has 0 spiro atoms. The van der Waals surface area contributed by atoms with E-state index in [-0.39, 0.29) is 6.61 Å². The summed E-state index contributed by atoms with van der Waals surface area (Å²) in [6.07, 6.45) is 2.28. The molecule has 2 aromatic carbocycles. The van der Waals surface area contributed by atoms with Gasteiger partial charge < -0.3 is 19.7 Å². The average Bonchev–Trinajstić information content (AvgIpc) is 2.68. The number of anilines is 1. The number of hydrogen-bond donors (Lipinski definition) is 1. The lowest BCUT2D eigenvalue weighted by atomic mass is 10.1. The summed E-state index contributed by atoms with van der Waals surface area (Å²) in [6.45, 7) is 11.1. The molecule has 168 valence electrons. The molecule has 30 heavy (non-hydrogen) atoms. The Hall–Kier alpha value is -1.59. The molecule has 0 amide bonds. The SMILES string of the molecule is C=O.CCO.Cc1cc(C)cc(CN(CCCCN(C)C)c2cccc(Cl)c2Cl)c1. The number of hydrogen-bond acceptors (Lipinski definition) is 4. The van der Waals surface area contributed by atoms with E-state index >= 15 is 0 Å². The van der Waals surface area contributed by atoms with Crippen LogP contribution < -0.4 is 4.90 Å². The van der Waals surface area contributed by atoms with E-state index in [9.17, 15) is 0 Å². The molecule has 6 heteroatoms. The topological polar surface area (TPSA) is 43.8 Å². The fourth-order valence-electron chi connectivity index (χ4n) is 3.13. The van der Waals surface area contributed by atoms with Crippen molar-refractivity contribution in [1.29, 1.82) is 0 Å². The highest BCUT2D eigenvalue weighted by Crippen LogP contribution is 2.33. The molecule has 0 atom stereocenters. The average molecular weight is 455 g/mol. The van der Waals surface area contributed by atoms with Gasteiger partial charge in [-0.05, 0) is 71.9 Å².